The summed E-state index contributed by atoms with van der Waals surface area (Å²) in [6, 6.07) is 13.7. The predicted octanol–water partition coefficient (Wildman–Crippen LogP) is 4.82. The van der Waals surface area contributed by atoms with E-state index in [2.05, 4.69) is 22.6 Å². The summed E-state index contributed by atoms with van der Waals surface area (Å²) in [5, 5.41) is 0.640. The number of amidine groups is 1. The molecule has 1 amide bonds. The lowest BCUT2D eigenvalue weighted by molar-refractivity contribution is -0.121. The zero-order valence-electron chi connectivity index (χ0n) is 14.5. The summed E-state index contributed by atoms with van der Waals surface area (Å²) in [5.74, 6) is -0.0571. The fraction of sp³-hybridized carbons (Fsp3) is 0.0952. The van der Waals surface area contributed by atoms with Crippen LogP contribution in [0.1, 0.15) is 12.5 Å². The number of aromatic nitrogens is 1. The Labute approximate surface area is 157 Å². The average molecular weight is 361 g/mol. The largest absolute Gasteiger partial charge is 0.283 e. The molecule has 2 heterocycles. The number of pyridine rings is 1. The van der Waals surface area contributed by atoms with E-state index in [9.17, 15) is 4.79 Å². The third-order valence-electron chi connectivity index (χ3n) is 3.62. The van der Waals surface area contributed by atoms with Gasteiger partial charge in [0.2, 0.25) is 0 Å². The summed E-state index contributed by atoms with van der Waals surface area (Å²) in [6.07, 6.45) is 9.03. The third-order valence-corrected chi connectivity index (χ3v) is 4.63. The van der Waals surface area contributed by atoms with Gasteiger partial charge in [-0.05, 0) is 48.0 Å². The Balaban J connectivity index is 1.89. The highest BCUT2D eigenvalue weighted by Crippen LogP contribution is 2.33. The van der Waals surface area contributed by atoms with Crippen LogP contribution in [0, 0.1) is 0 Å². The van der Waals surface area contributed by atoms with E-state index in [1.165, 1.54) is 11.8 Å². The molecule has 1 aliphatic heterocycles. The van der Waals surface area contributed by atoms with Crippen molar-refractivity contribution in [1.29, 1.82) is 0 Å². The monoisotopic (exact) mass is 361 g/mol. The van der Waals surface area contributed by atoms with Crippen LogP contribution in [0.5, 0.6) is 0 Å². The lowest BCUT2D eigenvalue weighted by atomic mass is 10.1. The van der Waals surface area contributed by atoms with Gasteiger partial charge in [-0.3, -0.25) is 14.7 Å². The maximum absolute atomic E-state index is 12.7. The van der Waals surface area contributed by atoms with Crippen LogP contribution in [-0.4, -0.2) is 27.5 Å². The Kier molecular flexibility index (Phi) is 5.81. The number of carbonyl (C=O) groups excluding carboxylic acids is 1. The fourth-order valence-electron chi connectivity index (χ4n) is 2.47. The van der Waals surface area contributed by atoms with Gasteiger partial charge >= 0.3 is 0 Å². The average Bonchev–Trinajstić information content (AvgIpc) is 2.92. The summed E-state index contributed by atoms with van der Waals surface area (Å²) >= 11 is 1.37. The Morgan fingerprint density at radius 1 is 1.27 bits per heavy atom. The molecule has 1 aromatic carbocycles. The number of hydrogen-bond donors (Lipinski definition) is 0. The maximum atomic E-state index is 12.7. The van der Waals surface area contributed by atoms with Crippen molar-refractivity contribution in [2.45, 2.75) is 6.92 Å². The molecule has 3 rings (SSSR count). The lowest BCUT2D eigenvalue weighted by Crippen LogP contribution is -2.29. The van der Waals surface area contributed by atoms with Crippen LogP contribution in [-0.2, 0) is 4.79 Å². The number of allylic oxidation sites excluding steroid dienone is 2. The second-order valence-electron chi connectivity index (χ2n) is 5.72. The first-order valence-electron chi connectivity index (χ1n) is 8.22. The third kappa shape index (κ3) is 4.37. The molecule has 2 aromatic rings. The van der Waals surface area contributed by atoms with E-state index in [1.807, 2.05) is 55.5 Å². The van der Waals surface area contributed by atoms with Crippen molar-refractivity contribution >= 4 is 34.6 Å². The van der Waals surface area contributed by atoms with Crippen LogP contribution in [0.2, 0.25) is 0 Å². The minimum Gasteiger partial charge on any atom is -0.283 e. The van der Waals surface area contributed by atoms with E-state index >= 15 is 0 Å². The molecule has 0 saturated carbocycles. The summed E-state index contributed by atoms with van der Waals surface area (Å²) in [4.78, 5) is 23.7. The summed E-state index contributed by atoms with van der Waals surface area (Å²) in [5.41, 5.74) is 2.83. The molecule has 5 heteroatoms. The lowest BCUT2D eigenvalue weighted by Gasteiger charge is -2.12. The number of hydrogen-bond acceptors (Lipinski definition) is 4. The molecular formula is C21H19N3OS. The number of benzene rings is 1. The molecule has 130 valence electrons. The molecule has 1 saturated heterocycles. The molecule has 0 spiro atoms. The second kappa shape index (κ2) is 8.45. The smallest absolute Gasteiger partial charge is 0.267 e. The standard InChI is InChI=1S/C21H19N3OS/c1-3-12-24-20(25)19(14-16(2)13-17-8-5-4-6-9-17)26-21(24)23-18-10-7-11-22-15-18/h3-11,13-15H,1,12H2,2H3/b16-13+,19-14-,23-21?. The normalized spacial score (nSPS) is 18.0. The van der Waals surface area contributed by atoms with Gasteiger partial charge < -0.3 is 0 Å². The van der Waals surface area contributed by atoms with Gasteiger partial charge in [0.05, 0.1) is 16.8 Å². The van der Waals surface area contributed by atoms with Crippen molar-refractivity contribution < 1.29 is 4.79 Å². The second-order valence-corrected chi connectivity index (χ2v) is 6.73. The van der Waals surface area contributed by atoms with Crippen LogP contribution in [0.4, 0.5) is 5.69 Å². The van der Waals surface area contributed by atoms with E-state index in [0.29, 0.717) is 16.6 Å². The van der Waals surface area contributed by atoms with Gasteiger partial charge in [0.1, 0.15) is 0 Å². The Morgan fingerprint density at radius 2 is 2.08 bits per heavy atom. The van der Waals surface area contributed by atoms with Gasteiger partial charge in [-0.2, -0.15) is 0 Å². The molecule has 0 unspecified atom stereocenters. The maximum Gasteiger partial charge on any atom is 0.267 e. The zero-order chi connectivity index (χ0) is 18.4. The Bertz CT molecular complexity index is 886. The van der Waals surface area contributed by atoms with Crippen LogP contribution in [0.3, 0.4) is 0 Å². The van der Waals surface area contributed by atoms with E-state index in [-0.39, 0.29) is 5.91 Å². The van der Waals surface area contributed by atoms with Crippen molar-refractivity contribution in [3.05, 3.63) is 89.6 Å². The van der Waals surface area contributed by atoms with Gasteiger partial charge in [0.15, 0.2) is 5.17 Å². The van der Waals surface area contributed by atoms with Crippen molar-refractivity contribution in [3.63, 3.8) is 0 Å². The van der Waals surface area contributed by atoms with Crippen LogP contribution < -0.4 is 0 Å². The molecule has 0 N–H and O–H groups in total. The zero-order valence-corrected chi connectivity index (χ0v) is 15.3. The highest BCUT2D eigenvalue weighted by Gasteiger charge is 2.32. The summed E-state index contributed by atoms with van der Waals surface area (Å²) in [6.45, 7) is 6.15. The number of rotatable bonds is 5. The number of nitrogens with zero attached hydrogens (tertiary/aromatic N) is 3. The Morgan fingerprint density at radius 3 is 2.77 bits per heavy atom. The molecule has 1 fully saturated rings. The van der Waals surface area contributed by atoms with Crippen molar-refractivity contribution in [3.8, 4) is 0 Å². The molecule has 1 aromatic heterocycles. The number of thioether (sulfide) groups is 1. The van der Waals surface area contributed by atoms with Gasteiger partial charge in [0, 0.05) is 12.7 Å². The molecule has 0 aliphatic carbocycles. The van der Waals surface area contributed by atoms with Crippen molar-refractivity contribution in [2.24, 2.45) is 4.99 Å². The molecule has 0 bridgehead atoms. The SMILES string of the molecule is C=CCN1C(=O)/C(=C/C(C)=C/c2ccccc2)SC1=Nc1cccnc1. The minimum atomic E-state index is -0.0571. The highest BCUT2D eigenvalue weighted by molar-refractivity contribution is 8.18. The first-order valence-corrected chi connectivity index (χ1v) is 9.03. The van der Waals surface area contributed by atoms with Gasteiger partial charge in [-0.1, -0.05) is 42.5 Å². The predicted molar refractivity (Wildman–Crippen MR) is 109 cm³/mol. The van der Waals surface area contributed by atoms with E-state index in [1.54, 1.807) is 23.4 Å². The molecule has 1 aliphatic rings. The van der Waals surface area contributed by atoms with Crippen LogP contribution in [0.15, 0.2) is 89.1 Å². The van der Waals surface area contributed by atoms with Gasteiger partial charge in [0.25, 0.3) is 5.91 Å². The van der Waals surface area contributed by atoms with E-state index < -0.39 is 0 Å². The topological polar surface area (TPSA) is 45.6 Å². The van der Waals surface area contributed by atoms with Crippen molar-refractivity contribution in [2.75, 3.05) is 6.54 Å². The number of aliphatic imine (C=N–C) groups is 1. The molecule has 0 atom stereocenters. The molecule has 0 radical (unpaired) electrons. The van der Waals surface area contributed by atoms with Crippen LogP contribution >= 0.6 is 11.8 Å². The summed E-state index contributed by atoms with van der Waals surface area (Å²) in [7, 11) is 0. The first-order chi connectivity index (χ1) is 12.7. The highest BCUT2D eigenvalue weighted by atomic mass is 32.2. The molecule has 26 heavy (non-hydrogen) atoms. The fourth-order valence-corrected chi connectivity index (χ4v) is 3.53. The number of amides is 1. The Hall–Kier alpha value is -2.92. The van der Waals surface area contributed by atoms with Crippen LogP contribution in [0.25, 0.3) is 6.08 Å². The number of carbonyl (C=O) groups is 1. The minimum absolute atomic E-state index is 0.0571. The quantitative estimate of drug-likeness (QED) is 0.567. The van der Waals surface area contributed by atoms with Crippen molar-refractivity contribution in [1.82, 2.24) is 9.88 Å². The molecular weight excluding hydrogens is 342 g/mol. The summed E-state index contributed by atoms with van der Waals surface area (Å²) < 4.78 is 0. The van der Waals surface area contributed by atoms with Gasteiger partial charge in [-0.15, -0.1) is 6.58 Å². The molecule has 4 nitrogen and oxygen atoms in total. The van der Waals surface area contributed by atoms with E-state index in [0.717, 1.165) is 16.8 Å². The first kappa shape index (κ1) is 17.9. The van der Waals surface area contributed by atoms with Gasteiger partial charge in [-0.25, -0.2) is 4.99 Å². The van der Waals surface area contributed by atoms with E-state index in [4.69, 9.17) is 0 Å².